The second-order valence-corrected chi connectivity index (χ2v) is 3.59. The Morgan fingerprint density at radius 3 is 2.71 bits per heavy atom. The van der Waals surface area contributed by atoms with E-state index in [9.17, 15) is 8.78 Å². The lowest BCUT2D eigenvalue weighted by molar-refractivity contribution is 0.146. The predicted octanol–water partition coefficient (Wildman–Crippen LogP) is 4.07. The number of alkyl halides is 2. The molecule has 0 amide bonds. The van der Waals surface area contributed by atoms with Crippen LogP contribution in [0.2, 0.25) is 5.02 Å². The van der Waals surface area contributed by atoms with Crippen LogP contribution < -0.4 is 0 Å². The van der Waals surface area contributed by atoms with E-state index in [4.69, 9.17) is 11.6 Å². The van der Waals surface area contributed by atoms with Crippen LogP contribution in [0.4, 0.5) is 8.78 Å². The lowest BCUT2D eigenvalue weighted by Gasteiger charge is -1.95. The third-order valence-corrected chi connectivity index (χ3v) is 2.51. The molecule has 1 N–H and O–H groups in total. The number of aryl methyl sites for hydroxylation is 1. The maximum Gasteiger partial charge on any atom is 0.278 e. The maximum absolute atomic E-state index is 12.5. The second-order valence-electron chi connectivity index (χ2n) is 3.15. The molecule has 0 aliphatic heterocycles. The minimum Gasteiger partial charge on any atom is -0.354 e. The van der Waals surface area contributed by atoms with Crippen molar-refractivity contribution >= 4 is 22.5 Å². The summed E-state index contributed by atoms with van der Waals surface area (Å²) in [4.78, 5) is 2.68. The molecule has 1 aromatic carbocycles. The van der Waals surface area contributed by atoms with Gasteiger partial charge >= 0.3 is 0 Å². The number of benzene rings is 1. The van der Waals surface area contributed by atoms with Gasteiger partial charge in [0.05, 0.1) is 5.69 Å². The number of fused-ring (bicyclic) bond motifs is 1. The number of nitrogens with one attached hydrogen (secondary N) is 1. The van der Waals surface area contributed by atoms with E-state index in [1.807, 2.05) is 0 Å². The molecule has 4 heteroatoms. The van der Waals surface area contributed by atoms with Gasteiger partial charge in [-0.2, -0.15) is 0 Å². The molecular weight excluding hydrogens is 208 g/mol. The minimum absolute atomic E-state index is 0.0257. The van der Waals surface area contributed by atoms with Gasteiger partial charge in [-0.1, -0.05) is 11.6 Å². The normalized spacial score (nSPS) is 11.5. The molecule has 0 radical (unpaired) electrons. The van der Waals surface area contributed by atoms with E-state index in [2.05, 4.69) is 4.98 Å². The van der Waals surface area contributed by atoms with Crippen LogP contribution in [0, 0.1) is 6.92 Å². The van der Waals surface area contributed by atoms with Crippen molar-refractivity contribution in [3.8, 4) is 0 Å². The minimum atomic E-state index is -2.47. The van der Waals surface area contributed by atoms with E-state index in [1.54, 1.807) is 25.1 Å². The number of hydrogen-bond donors (Lipinski definition) is 1. The maximum atomic E-state index is 12.5. The van der Waals surface area contributed by atoms with E-state index in [0.29, 0.717) is 16.1 Å². The number of halogens is 3. The molecule has 14 heavy (non-hydrogen) atoms. The van der Waals surface area contributed by atoms with Crippen LogP contribution in [0.5, 0.6) is 0 Å². The van der Waals surface area contributed by atoms with Crippen molar-refractivity contribution in [3.63, 3.8) is 0 Å². The van der Waals surface area contributed by atoms with Crippen molar-refractivity contribution in [1.82, 2.24) is 4.98 Å². The molecule has 2 rings (SSSR count). The van der Waals surface area contributed by atoms with Gasteiger partial charge in [-0.3, -0.25) is 0 Å². The molecule has 0 aliphatic rings. The molecule has 1 nitrogen and oxygen atoms in total. The molecule has 74 valence electrons. The zero-order valence-electron chi connectivity index (χ0n) is 7.44. The summed E-state index contributed by atoms with van der Waals surface area (Å²) in [6.45, 7) is 1.66. The van der Waals surface area contributed by atoms with Gasteiger partial charge in [-0.05, 0) is 30.7 Å². The molecule has 0 saturated heterocycles. The van der Waals surface area contributed by atoms with Crippen LogP contribution in [0.15, 0.2) is 18.2 Å². The highest BCUT2D eigenvalue weighted by Crippen LogP contribution is 2.30. The molecule has 0 aliphatic carbocycles. The van der Waals surface area contributed by atoms with Crippen molar-refractivity contribution in [3.05, 3.63) is 34.5 Å². The average molecular weight is 216 g/mol. The molecule has 0 saturated carbocycles. The zero-order valence-corrected chi connectivity index (χ0v) is 8.20. The zero-order chi connectivity index (χ0) is 10.3. The predicted molar refractivity (Wildman–Crippen MR) is 53.0 cm³/mol. The lowest BCUT2D eigenvalue weighted by Crippen LogP contribution is -1.85. The van der Waals surface area contributed by atoms with E-state index >= 15 is 0 Å². The summed E-state index contributed by atoms with van der Waals surface area (Å²) in [5, 5.41) is 1.31. The standard InChI is InChI=1S/C10H8ClF2N/c1-5-7-4-6(11)2-3-8(7)14-9(5)10(12)13/h2-4,10,14H,1H3. The summed E-state index contributed by atoms with van der Waals surface area (Å²) in [6.07, 6.45) is -2.47. The molecule has 0 bridgehead atoms. The van der Waals surface area contributed by atoms with Crippen molar-refractivity contribution < 1.29 is 8.78 Å². The first kappa shape index (κ1) is 9.46. The van der Waals surface area contributed by atoms with Crippen molar-refractivity contribution in [2.45, 2.75) is 13.3 Å². The van der Waals surface area contributed by atoms with Crippen LogP contribution in [-0.2, 0) is 0 Å². The van der Waals surface area contributed by atoms with E-state index in [-0.39, 0.29) is 5.69 Å². The number of aromatic nitrogens is 1. The van der Waals surface area contributed by atoms with Crippen molar-refractivity contribution in [1.29, 1.82) is 0 Å². The average Bonchev–Trinajstić information content (AvgIpc) is 2.44. The summed E-state index contributed by atoms with van der Waals surface area (Å²) in [5.74, 6) is 0. The summed E-state index contributed by atoms with van der Waals surface area (Å²) >= 11 is 5.78. The molecule has 0 unspecified atom stereocenters. The SMILES string of the molecule is Cc1c(C(F)F)[nH]c2ccc(Cl)cc12. The van der Waals surface area contributed by atoms with Gasteiger partial charge in [0, 0.05) is 15.9 Å². The molecule has 1 aromatic heterocycles. The van der Waals surface area contributed by atoms with E-state index in [1.165, 1.54) is 0 Å². The van der Waals surface area contributed by atoms with Gasteiger partial charge < -0.3 is 4.98 Å². The fourth-order valence-corrected chi connectivity index (χ4v) is 1.71. The summed E-state index contributed by atoms with van der Waals surface area (Å²) < 4.78 is 25.0. The first-order valence-electron chi connectivity index (χ1n) is 4.15. The van der Waals surface area contributed by atoms with Gasteiger partial charge in [0.2, 0.25) is 0 Å². The van der Waals surface area contributed by atoms with Crippen LogP contribution >= 0.6 is 11.6 Å². The third kappa shape index (κ3) is 1.38. The fourth-order valence-electron chi connectivity index (χ4n) is 1.54. The second kappa shape index (κ2) is 3.24. The molecule has 0 fully saturated rings. The Kier molecular flexibility index (Phi) is 2.19. The molecule has 1 heterocycles. The Morgan fingerprint density at radius 1 is 1.36 bits per heavy atom. The smallest absolute Gasteiger partial charge is 0.278 e. The quantitative estimate of drug-likeness (QED) is 0.738. The van der Waals surface area contributed by atoms with E-state index < -0.39 is 6.43 Å². The highest BCUT2D eigenvalue weighted by atomic mass is 35.5. The first-order valence-corrected chi connectivity index (χ1v) is 4.53. The van der Waals surface area contributed by atoms with Crippen LogP contribution in [0.25, 0.3) is 10.9 Å². The Morgan fingerprint density at radius 2 is 2.07 bits per heavy atom. The van der Waals surface area contributed by atoms with Crippen molar-refractivity contribution in [2.75, 3.05) is 0 Å². The van der Waals surface area contributed by atoms with Gasteiger partial charge in [-0.15, -0.1) is 0 Å². The molecule has 0 spiro atoms. The molecular formula is C10H8ClF2N. The Hall–Kier alpha value is -1.09. The summed E-state index contributed by atoms with van der Waals surface area (Å²) in [7, 11) is 0. The van der Waals surface area contributed by atoms with Gasteiger partial charge in [0.15, 0.2) is 0 Å². The monoisotopic (exact) mass is 215 g/mol. The van der Waals surface area contributed by atoms with Crippen LogP contribution in [-0.4, -0.2) is 4.98 Å². The largest absolute Gasteiger partial charge is 0.354 e. The molecule has 2 aromatic rings. The van der Waals surface area contributed by atoms with Gasteiger partial charge in [-0.25, -0.2) is 8.78 Å². The number of rotatable bonds is 1. The Bertz CT molecular complexity index is 476. The van der Waals surface area contributed by atoms with Gasteiger partial charge in [0.25, 0.3) is 6.43 Å². The Labute approximate surface area is 84.7 Å². The number of H-pyrrole nitrogens is 1. The highest BCUT2D eigenvalue weighted by Gasteiger charge is 2.15. The van der Waals surface area contributed by atoms with Crippen LogP contribution in [0.1, 0.15) is 17.7 Å². The Balaban J connectivity index is 2.74. The third-order valence-electron chi connectivity index (χ3n) is 2.28. The lowest BCUT2D eigenvalue weighted by atomic mass is 10.1. The number of hydrogen-bond acceptors (Lipinski definition) is 0. The molecule has 0 atom stereocenters. The highest BCUT2D eigenvalue weighted by molar-refractivity contribution is 6.31. The first-order chi connectivity index (χ1) is 6.59. The van der Waals surface area contributed by atoms with Gasteiger partial charge in [0.1, 0.15) is 0 Å². The van der Waals surface area contributed by atoms with Crippen molar-refractivity contribution in [2.24, 2.45) is 0 Å². The number of aromatic amines is 1. The van der Waals surface area contributed by atoms with Crippen LogP contribution in [0.3, 0.4) is 0 Å². The summed E-state index contributed by atoms with van der Waals surface area (Å²) in [5.41, 5.74) is 1.24. The topological polar surface area (TPSA) is 15.8 Å². The summed E-state index contributed by atoms with van der Waals surface area (Å²) in [6, 6.07) is 5.07. The van der Waals surface area contributed by atoms with E-state index in [0.717, 1.165) is 5.39 Å². The fraction of sp³-hybridized carbons (Fsp3) is 0.200.